The number of nitrogens with one attached hydrogen (secondary N) is 2. The Morgan fingerprint density at radius 3 is 2.74 bits per heavy atom. The predicted molar refractivity (Wildman–Crippen MR) is 88.4 cm³/mol. The lowest BCUT2D eigenvalue weighted by molar-refractivity contribution is -0.122. The van der Waals surface area contributed by atoms with E-state index in [2.05, 4.69) is 26.6 Å². The summed E-state index contributed by atoms with van der Waals surface area (Å²) < 4.78 is 28.6. The van der Waals surface area contributed by atoms with E-state index in [1.807, 2.05) is 0 Å². The van der Waals surface area contributed by atoms with Gasteiger partial charge in [0.2, 0.25) is 0 Å². The first-order valence-corrected chi connectivity index (χ1v) is 9.63. The fourth-order valence-electron chi connectivity index (χ4n) is 2.03. The van der Waals surface area contributed by atoms with Crippen LogP contribution in [0.15, 0.2) is 22.7 Å². The Kier molecular flexibility index (Phi) is 5.88. The molecule has 10 heteroatoms. The van der Waals surface area contributed by atoms with E-state index >= 15 is 0 Å². The number of urea groups is 1. The SMILES string of the molecule is O=C(COc1ccc(Br)cc1Cl)NC(=O)NC1CCS(=O)(=O)C1. The molecule has 2 N–H and O–H groups in total. The standard InChI is InChI=1S/C13H14BrClN2O5S/c14-8-1-2-11(10(15)5-8)22-6-12(18)17-13(19)16-9-3-4-23(20,21)7-9/h1-2,5,9H,3-4,6-7H2,(H2,16,17,18,19). The first kappa shape index (κ1) is 18.0. The van der Waals surface area contributed by atoms with Crippen LogP contribution in [0.2, 0.25) is 5.02 Å². The Hall–Kier alpha value is -1.32. The molecular formula is C13H14BrClN2O5S. The lowest BCUT2D eigenvalue weighted by Gasteiger charge is -2.12. The van der Waals surface area contributed by atoms with Gasteiger partial charge in [0.05, 0.1) is 16.5 Å². The molecular weight excluding hydrogens is 412 g/mol. The molecule has 3 amide bonds. The molecule has 1 atom stereocenters. The number of hydrogen-bond donors (Lipinski definition) is 2. The van der Waals surface area contributed by atoms with Crippen LogP contribution in [0, 0.1) is 0 Å². The number of imide groups is 1. The van der Waals surface area contributed by atoms with Crippen LogP contribution in [0.1, 0.15) is 6.42 Å². The molecule has 1 heterocycles. The van der Waals surface area contributed by atoms with Crippen LogP contribution in [0.4, 0.5) is 4.79 Å². The Balaban J connectivity index is 1.77. The summed E-state index contributed by atoms with van der Waals surface area (Å²) in [7, 11) is -3.09. The third-order valence-corrected chi connectivity index (χ3v) is 5.63. The van der Waals surface area contributed by atoms with Gasteiger partial charge in [0.1, 0.15) is 5.75 Å². The van der Waals surface area contributed by atoms with Gasteiger partial charge in [0.25, 0.3) is 5.91 Å². The summed E-state index contributed by atoms with van der Waals surface area (Å²) in [5.74, 6) is -0.425. The summed E-state index contributed by atoms with van der Waals surface area (Å²) >= 11 is 9.18. The van der Waals surface area contributed by atoms with Gasteiger partial charge in [0, 0.05) is 10.5 Å². The molecule has 23 heavy (non-hydrogen) atoms. The second-order valence-electron chi connectivity index (χ2n) is 4.99. The molecule has 1 saturated heterocycles. The van der Waals surface area contributed by atoms with Crippen LogP contribution < -0.4 is 15.4 Å². The number of amides is 3. The molecule has 126 valence electrons. The summed E-state index contributed by atoms with van der Waals surface area (Å²) in [5.41, 5.74) is 0. The number of rotatable bonds is 4. The monoisotopic (exact) mass is 424 g/mol. The summed E-state index contributed by atoms with van der Waals surface area (Å²) in [6.45, 7) is -0.391. The van der Waals surface area contributed by atoms with E-state index < -0.39 is 34.4 Å². The van der Waals surface area contributed by atoms with Gasteiger partial charge in [-0.1, -0.05) is 27.5 Å². The summed E-state index contributed by atoms with van der Waals surface area (Å²) in [6.07, 6.45) is 0.342. The van der Waals surface area contributed by atoms with Crippen molar-refractivity contribution < 1.29 is 22.7 Å². The number of halogens is 2. The number of sulfone groups is 1. The van der Waals surface area contributed by atoms with Gasteiger partial charge < -0.3 is 10.1 Å². The summed E-state index contributed by atoms with van der Waals surface area (Å²) in [6, 6.07) is 3.68. The molecule has 0 aliphatic carbocycles. The van der Waals surface area contributed by atoms with Gasteiger partial charge in [-0.2, -0.15) is 0 Å². The van der Waals surface area contributed by atoms with E-state index in [1.54, 1.807) is 18.2 Å². The van der Waals surface area contributed by atoms with E-state index in [0.29, 0.717) is 17.2 Å². The average molecular weight is 426 g/mol. The molecule has 1 aliphatic rings. The van der Waals surface area contributed by atoms with Crippen molar-refractivity contribution in [3.05, 3.63) is 27.7 Å². The first-order chi connectivity index (χ1) is 10.7. The minimum Gasteiger partial charge on any atom is -0.482 e. The quantitative estimate of drug-likeness (QED) is 0.761. The van der Waals surface area contributed by atoms with Gasteiger partial charge in [-0.05, 0) is 24.6 Å². The van der Waals surface area contributed by atoms with Crippen LogP contribution in [0.5, 0.6) is 5.75 Å². The van der Waals surface area contributed by atoms with Crippen molar-refractivity contribution in [2.24, 2.45) is 0 Å². The highest BCUT2D eigenvalue weighted by Crippen LogP contribution is 2.27. The van der Waals surface area contributed by atoms with Gasteiger partial charge in [0.15, 0.2) is 16.4 Å². The first-order valence-electron chi connectivity index (χ1n) is 6.64. The highest BCUT2D eigenvalue weighted by molar-refractivity contribution is 9.10. The maximum absolute atomic E-state index is 11.6. The molecule has 0 saturated carbocycles. The van der Waals surface area contributed by atoms with Gasteiger partial charge >= 0.3 is 6.03 Å². The molecule has 2 rings (SSSR count). The number of carbonyl (C=O) groups is 2. The second kappa shape index (κ2) is 7.50. The van der Waals surface area contributed by atoms with Gasteiger partial charge in [-0.15, -0.1) is 0 Å². The van der Waals surface area contributed by atoms with Crippen molar-refractivity contribution in [2.45, 2.75) is 12.5 Å². The third kappa shape index (κ3) is 5.67. The van der Waals surface area contributed by atoms with Crippen LogP contribution >= 0.6 is 27.5 Å². The van der Waals surface area contributed by atoms with Crippen LogP contribution in [0.25, 0.3) is 0 Å². The van der Waals surface area contributed by atoms with E-state index in [1.165, 1.54) is 0 Å². The molecule has 1 aliphatic heterocycles. The number of hydrogen-bond acceptors (Lipinski definition) is 5. The number of ether oxygens (including phenoxy) is 1. The molecule has 1 fully saturated rings. The highest BCUT2D eigenvalue weighted by atomic mass is 79.9. The van der Waals surface area contributed by atoms with Crippen molar-refractivity contribution in [1.82, 2.24) is 10.6 Å². The Morgan fingerprint density at radius 1 is 1.39 bits per heavy atom. The lowest BCUT2D eigenvalue weighted by atomic mass is 10.3. The van der Waals surface area contributed by atoms with E-state index in [-0.39, 0.29) is 11.5 Å². The van der Waals surface area contributed by atoms with Crippen LogP contribution in [0.3, 0.4) is 0 Å². The topological polar surface area (TPSA) is 102 Å². The van der Waals surface area contributed by atoms with Crippen molar-refractivity contribution >= 4 is 49.3 Å². The molecule has 7 nitrogen and oxygen atoms in total. The Bertz CT molecular complexity index is 725. The third-order valence-electron chi connectivity index (χ3n) is 3.07. The fraction of sp³-hybridized carbons (Fsp3) is 0.385. The van der Waals surface area contributed by atoms with Crippen molar-refractivity contribution in [2.75, 3.05) is 18.1 Å². The summed E-state index contributed by atoms with van der Waals surface area (Å²) in [5, 5.41) is 4.85. The minimum absolute atomic E-state index is 0.0388. The minimum atomic E-state index is -3.09. The Labute approximate surface area is 146 Å². The fourth-order valence-corrected chi connectivity index (χ4v) is 4.43. The van der Waals surface area contributed by atoms with E-state index in [0.717, 1.165) is 4.47 Å². The summed E-state index contributed by atoms with van der Waals surface area (Å²) in [4.78, 5) is 23.3. The maximum atomic E-state index is 11.6. The van der Waals surface area contributed by atoms with Crippen molar-refractivity contribution in [1.29, 1.82) is 0 Å². The molecule has 1 aromatic rings. The molecule has 0 aromatic heterocycles. The average Bonchev–Trinajstić information content (AvgIpc) is 2.76. The normalized spacial score (nSPS) is 19.1. The smallest absolute Gasteiger partial charge is 0.321 e. The maximum Gasteiger partial charge on any atom is 0.321 e. The number of benzene rings is 1. The van der Waals surface area contributed by atoms with Gasteiger partial charge in [-0.3, -0.25) is 10.1 Å². The van der Waals surface area contributed by atoms with Crippen LogP contribution in [-0.4, -0.2) is 44.5 Å². The molecule has 0 spiro atoms. The highest BCUT2D eigenvalue weighted by Gasteiger charge is 2.29. The zero-order chi connectivity index (χ0) is 17.0. The van der Waals surface area contributed by atoms with E-state index in [4.69, 9.17) is 16.3 Å². The molecule has 0 radical (unpaired) electrons. The zero-order valence-corrected chi connectivity index (χ0v) is 15.0. The number of carbonyl (C=O) groups excluding carboxylic acids is 2. The largest absolute Gasteiger partial charge is 0.482 e. The molecule has 0 bridgehead atoms. The van der Waals surface area contributed by atoms with Crippen molar-refractivity contribution in [3.63, 3.8) is 0 Å². The predicted octanol–water partition coefficient (Wildman–Crippen LogP) is 1.49. The van der Waals surface area contributed by atoms with Gasteiger partial charge in [-0.25, -0.2) is 13.2 Å². The van der Waals surface area contributed by atoms with E-state index in [9.17, 15) is 18.0 Å². The molecule has 1 aromatic carbocycles. The molecule has 1 unspecified atom stereocenters. The van der Waals surface area contributed by atoms with Crippen LogP contribution in [-0.2, 0) is 14.6 Å². The van der Waals surface area contributed by atoms with Crippen molar-refractivity contribution in [3.8, 4) is 5.75 Å². The second-order valence-corrected chi connectivity index (χ2v) is 8.54. The lowest BCUT2D eigenvalue weighted by Crippen LogP contribution is -2.46. The Morgan fingerprint density at radius 2 is 2.13 bits per heavy atom. The zero-order valence-electron chi connectivity index (χ0n) is 11.8.